The Bertz CT molecular complexity index is 454. The third-order valence-electron chi connectivity index (χ3n) is 2.83. The highest BCUT2D eigenvalue weighted by Crippen LogP contribution is 2.29. The predicted octanol–water partition coefficient (Wildman–Crippen LogP) is 0.585. The zero-order valence-electron chi connectivity index (χ0n) is 10.3. The van der Waals surface area contributed by atoms with Crippen molar-refractivity contribution in [2.45, 2.75) is 38.1 Å². The third-order valence-corrected chi connectivity index (χ3v) is 3.91. The van der Waals surface area contributed by atoms with Gasteiger partial charge >= 0.3 is 0 Å². The molecule has 1 heterocycles. The lowest BCUT2D eigenvalue weighted by molar-refractivity contribution is -0.123. The number of hydrogen-bond donors (Lipinski definition) is 3. The molecule has 0 aliphatic heterocycles. The van der Waals surface area contributed by atoms with Gasteiger partial charge in [-0.15, -0.1) is 23.7 Å². The summed E-state index contributed by atoms with van der Waals surface area (Å²) in [5.41, 5.74) is 11.6. The van der Waals surface area contributed by atoms with Crippen LogP contribution in [-0.2, 0) is 22.4 Å². The van der Waals surface area contributed by atoms with Crippen LogP contribution in [-0.4, -0.2) is 22.8 Å². The topological polar surface area (TPSA) is 111 Å². The summed E-state index contributed by atoms with van der Waals surface area (Å²) < 4.78 is 0. The molecule has 0 saturated heterocycles. The van der Waals surface area contributed by atoms with Crippen LogP contribution in [0.15, 0.2) is 0 Å². The Morgan fingerprint density at radius 1 is 1.37 bits per heavy atom. The first-order valence-electron chi connectivity index (χ1n) is 5.89. The first-order chi connectivity index (χ1) is 8.56. The smallest absolute Gasteiger partial charge is 0.243 e. The number of thiazole rings is 1. The van der Waals surface area contributed by atoms with Gasteiger partial charge in [0.05, 0.1) is 18.2 Å². The van der Waals surface area contributed by atoms with E-state index >= 15 is 0 Å². The van der Waals surface area contributed by atoms with Gasteiger partial charge in [-0.1, -0.05) is 0 Å². The molecule has 1 aromatic rings. The van der Waals surface area contributed by atoms with E-state index in [-0.39, 0.29) is 18.8 Å². The van der Waals surface area contributed by atoms with Crippen molar-refractivity contribution in [2.75, 3.05) is 5.32 Å². The molecule has 1 aliphatic rings. The fourth-order valence-corrected chi connectivity index (χ4v) is 2.97. The van der Waals surface area contributed by atoms with Gasteiger partial charge in [-0.05, 0) is 25.7 Å². The standard InChI is InChI=1S/C11H16N4O2S.ClH/c12-6(5-9(13)16)10(17)15-11-14-7-3-1-2-4-8(7)18-11;/h6H,1-5,12H2,(H2,13,16)(H,14,15,17);1H. The average molecular weight is 305 g/mol. The molecule has 0 fully saturated rings. The predicted molar refractivity (Wildman–Crippen MR) is 76.4 cm³/mol. The summed E-state index contributed by atoms with van der Waals surface area (Å²) in [6.07, 6.45) is 4.15. The van der Waals surface area contributed by atoms with E-state index in [1.807, 2.05) is 0 Å². The highest BCUT2D eigenvalue weighted by Gasteiger charge is 2.20. The quantitative estimate of drug-likeness (QED) is 0.755. The highest BCUT2D eigenvalue weighted by molar-refractivity contribution is 7.15. The molecule has 19 heavy (non-hydrogen) atoms. The van der Waals surface area contributed by atoms with Gasteiger partial charge in [-0.3, -0.25) is 9.59 Å². The molecule has 1 aromatic heterocycles. The number of aryl methyl sites for hydroxylation is 2. The van der Waals surface area contributed by atoms with E-state index < -0.39 is 17.9 Å². The van der Waals surface area contributed by atoms with Crippen LogP contribution in [0.2, 0.25) is 0 Å². The van der Waals surface area contributed by atoms with E-state index in [4.69, 9.17) is 11.5 Å². The number of fused-ring (bicyclic) bond motifs is 1. The fraction of sp³-hybridized carbons (Fsp3) is 0.545. The largest absolute Gasteiger partial charge is 0.370 e. The molecular formula is C11H17ClN4O2S. The number of nitrogens with zero attached hydrogens (tertiary/aromatic N) is 1. The highest BCUT2D eigenvalue weighted by atomic mass is 35.5. The number of carbonyl (C=O) groups is 2. The lowest BCUT2D eigenvalue weighted by Crippen LogP contribution is -2.38. The monoisotopic (exact) mass is 304 g/mol. The third kappa shape index (κ3) is 4.15. The number of aromatic nitrogens is 1. The van der Waals surface area contributed by atoms with E-state index in [9.17, 15) is 9.59 Å². The van der Waals surface area contributed by atoms with Crippen LogP contribution in [0.1, 0.15) is 29.8 Å². The van der Waals surface area contributed by atoms with Crippen molar-refractivity contribution in [1.82, 2.24) is 4.98 Å². The van der Waals surface area contributed by atoms with Gasteiger partial charge in [0.2, 0.25) is 11.8 Å². The first-order valence-corrected chi connectivity index (χ1v) is 6.71. The van der Waals surface area contributed by atoms with Crippen LogP contribution in [0.25, 0.3) is 0 Å². The van der Waals surface area contributed by atoms with Gasteiger partial charge in [-0.25, -0.2) is 4.98 Å². The normalized spacial score (nSPS) is 15.0. The van der Waals surface area contributed by atoms with Crippen molar-refractivity contribution in [3.63, 3.8) is 0 Å². The van der Waals surface area contributed by atoms with Gasteiger partial charge < -0.3 is 16.8 Å². The van der Waals surface area contributed by atoms with Gasteiger partial charge in [0.25, 0.3) is 0 Å². The van der Waals surface area contributed by atoms with E-state index in [0.717, 1.165) is 25.0 Å². The summed E-state index contributed by atoms with van der Waals surface area (Å²) >= 11 is 1.49. The Balaban J connectivity index is 0.00000180. The van der Waals surface area contributed by atoms with Crippen LogP contribution in [0.4, 0.5) is 5.13 Å². The molecule has 1 unspecified atom stereocenters. The van der Waals surface area contributed by atoms with Crippen LogP contribution in [0.5, 0.6) is 0 Å². The SMILES string of the molecule is Cl.NC(=O)CC(N)C(=O)Nc1nc2c(s1)CCCC2. The van der Waals surface area contributed by atoms with E-state index in [1.165, 1.54) is 22.6 Å². The van der Waals surface area contributed by atoms with Crippen molar-refractivity contribution < 1.29 is 9.59 Å². The van der Waals surface area contributed by atoms with Gasteiger partial charge in [0.1, 0.15) is 0 Å². The minimum Gasteiger partial charge on any atom is -0.370 e. The second-order valence-electron chi connectivity index (χ2n) is 4.36. The molecule has 6 nitrogen and oxygen atoms in total. The maximum atomic E-state index is 11.7. The Labute approximate surface area is 121 Å². The summed E-state index contributed by atoms with van der Waals surface area (Å²) in [5, 5.41) is 3.20. The van der Waals surface area contributed by atoms with Crippen molar-refractivity contribution in [3.05, 3.63) is 10.6 Å². The average Bonchev–Trinajstić information content (AvgIpc) is 2.69. The molecule has 106 valence electrons. The number of primary amides is 1. The number of nitrogens with one attached hydrogen (secondary N) is 1. The Morgan fingerprint density at radius 2 is 2.05 bits per heavy atom. The number of halogens is 1. The Morgan fingerprint density at radius 3 is 2.68 bits per heavy atom. The molecule has 0 radical (unpaired) electrons. The minimum atomic E-state index is -0.913. The zero-order valence-corrected chi connectivity index (χ0v) is 12.0. The van der Waals surface area contributed by atoms with E-state index in [0.29, 0.717) is 5.13 Å². The summed E-state index contributed by atoms with van der Waals surface area (Å²) in [4.78, 5) is 28.0. The van der Waals surface area contributed by atoms with Crippen LogP contribution in [0, 0.1) is 0 Å². The van der Waals surface area contributed by atoms with Crippen molar-refractivity contribution in [1.29, 1.82) is 0 Å². The van der Waals surface area contributed by atoms with Gasteiger partial charge in [0.15, 0.2) is 5.13 Å². The second kappa shape index (κ2) is 6.83. The molecule has 8 heteroatoms. The lowest BCUT2D eigenvalue weighted by Gasteiger charge is -2.07. The van der Waals surface area contributed by atoms with Crippen LogP contribution >= 0.6 is 23.7 Å². The summed E-state index contributed by atoms with van der Waals surface area (Å²) in [5.74, 6) is -1.00. The summed E-state index contributed by atoms with van der Waals surface area (Å²) in [6, 6.07) is -0.913. The van der Waals surface area contributed by atoms with Gasteiger partial charge in [-0.2, -0.15) is 0 Å². The Kier molecular flexibility index (Phi) is 5.71. The number of amides is 2. The number of carbonyl (C=O) groups excluding carboxylic acids is 2. The van der Waals surface area contributed by atoms with Gasteiger partial charge in [0, 0.05) is 4.88 Å². The molecule has 0 spiro atoms. The minimum absolute atomic E-state index is 0. The molecule has 1 aliphatic carbocycles. The van der Waals surface area contributed by atoms with E-state index in [1.54, 1.807) is 0 Å². The second-order valence-corrected chi connectivity index (χ2v) is 5.45. The number of hydrogen-bond acceptors (Lipinski definition) is 5. The summed E-state index contributed by atoms with van der Waals surface area (Å²) in [7, 11) is 0. The lowest BCUT2D eigenvalue weighted by atomic mass is 10.0. The molecule has 0 aromatic carbocycles. The maximum Gasteiger partial charge on any atom is 0.243 e. The van der Waals surface area contributed by atoms with Crippen LogP contribution < -0.4 is 16.8 Å². The first kappa shape index (κ1) is 15.9. The Hall–Kier alpha value is -1.18. The molecule has 1 atom stereocenters. The number of anilines is 1. The molecule has 2 rings (SSSR count). The zero-order chi connectivity index (χ0) is 13.1. The number of nitrogens with two attached hydrogens (primary N) is 2. The molecule has 5 N–H and O–H groups in total. The molecule has 2 amide bonds. The maximum absolute atomic E-state index is 11.7. The van der Waals surface area contributed by atoms with Crippen molar-refractivity contribution in [2.24, 2.45) is 11.5 Å². The van der Waals surface area contributed by atoms with E-state index in [2.05, 4.69) is 10.3 Å². The van der Waals surface area contributed by atoms with Crippen molar-refractivity contribution >= 4 is 40.7 Å². The van der Waals surface area contributed by atoms with Crippen molar-refractivity contribution in [3.8, 4) is 0 Å². The molecule has 0 bridgehead atoms. The molecular weight excluding hydrogens is 288 g/mol. The summed E-state index contributed by atoms with van der Waals surface area (Å²) in [6.45, 7) is 0. The molecule has 0 saturated carbocycles. The fourth-order valence-electron chi connectivity index (χ4n) is 1.91. The number of rotatable bonds is 4. The van der Waals surface area contributed by atoms with Crippen LogP contribution in [0.3, 0.4) is 0 Å².